The zero-order valence-electron chi connectivity index (χ0n) is 48.4. The van der Waals surface area contributed by atoms with Crippen molar-refractivity contribution in [2.75, 3.05) is 47.5 Å². The Balaban J connectivity index is 4.15. The van der Waals surface area contributed by atoms with Gasteiger partial charge in [-0.25, -0.2) is 4.79 Å². The summed E-state index contributed by atoms with van der Waals surface area (Å²) in [5.74, 6) is -2.07. The number of nitrogens with zero attached hydrogens (tertiary/aromatic N) is 1. The minimum atomic E-state index is -1.52. The Kier molecular flexibility index (Phi) is 52.7. The highest BCUT2D eigenvalue weighted by molar-refractivity contribution is 5.71. The van der Waals surface area contributed by atoms with Crippen LogP contribution in [0.25, 0.3) is 0 Å². The standard InChI is InChI=1S/C66H109NO8/c1-6-8-10-12-14-16-18-20-22-23-24-25-26-27-28-29-30-31-32-33-34-35-36-37-38-39-40-41-43-45-47-49-51-53-55-57-64(69)75-62(61-74-66(65(70)71)72-59-58-67(3,4)5)60-73-63(68)56-54-52-50-48-46-44-42-21-19-17-15-13-11-9-7-2/h8-11,14-17,20-22,24-25,27-28,30-31,42,46,48,62,66H,6-7,12-13,18-19,23,26,29,32-41,43-45,47,49-61H2,1-5H3/p+1/b10-8-,11-9-,16-14-,17-15-,22-20-,25-24-,28-27-,31-30-,42-21-,48-46-. The normalized spacial score (nSPS) is 13.7. The van der Waals surface area contributed by atoms with E-state index in [0.717, 1.165) is 96.3 Å². The van der Waals surface area contributed by atoms with Gasteiger partial charge in [-0.05, 0) is 103 Å². The van der Waals surface area contributed by atoms with Gasteiger partial charge in [0.15, 0.2) is 6.10 Å². The van der Waals surface area contributed by atoms with Gasteiger partial charge in [0, 0.05) is 12.8 Å². The summed E-state index contributed by atoms with van der Waals surface area (Å²) in [6.45, 7) is 4.59. The lowest BCUT2D eigenvalue weighted by Gasteiger charge is -2.25. The fourth-order valence-corrected chi connectivity index (χ4v) is 7.71. The van der Waals surface area contributed by atoms with Crippen LogP contribution >= 0.6 is 0 Å². The van der Waals surface area contributed by atoms with Crippen LogP contribution in [0.2, 0.25) is 0 Å². The first kappa shape index (κ1) is 70.7. The summed E-state index contributed by atoms with van der Waals surface area (Å²) >= 11 is 0. The molecule has 0 spiro atoms. The first-order valence-corrected chi connectivity index (χ1v) is 29.7. The number of likely N-dealkylation sites (N-methyl/N-ethyl adjacent to an activating group) is 1. The maximum Gasteiger partial charge on any atom is 0.361 e. The summed E-state index contributed by atoms with van der Waals surface area (Å²) < 4.78 is 22.8. The molecule has 0 heterocycles. The summed E-state index contributed by atoms with van der Waals surface area (Å²) in [6, 6.07) is 0. The second-order valence-corrected chi connectivity index (χ2v) is 20.5. The van der Waals surface area contributed by atoms with Crippen LogP contribution in [-0.4, -0.2) is 87.4 Å². The Morgan fingerprint density at radius 1 is 0.400 bits per heavy atom. The quantitative estimate of drug-likeness (QED) is 0.0211. The Bertz CT molecular complexity index is 1640. The molecular formula is C66H110NO8+. The topological polar surface area (TPSA) is 108 Å². The zero-order valence-corrected chi connectivity index (χ0v) is 48.4. The van der Waals surface area contributed by atoms with Crippen LogP contribution in [0.4, 0.5) is 0 Å². The number of carbonyl (C=O) groups is 3. The highest BCUT2D eigenvalue weighted by atomic mass is 16.7. The maximum absolute atomic E-state index is 12.9. The van der Waals surface area contributed by atoms with Crippen molar-refractivity contribution in [3.63, 3.8) is 0 Å². The Morgan fingerprint density at radius 2 is 0.720 bits per heavy atom. The minimum absolute atomic E-state index is 0.176. The third-order valence-corrected chi connectivity index (χ3v) is 12.2. The van der Waals surface area contributed by atoms with Crippen molar-refractivity contribution in [3.8, 4) is 0 Å². The highest BCUT2D eigenvalue weighted by Crippen LogP contribution is 2.16. The lowest BCUT2D eigenvalue weighted by molar-refractivity contribution is -0.870. The third-order valence-electron chi connectivity index (χ3n) is 12.2. The number of hydrogen-bond acceptors (Lipinski definition) is 7. The van der Waals surface area contributed by atoms with E-state index >= 15 is 0 Å². The fraction of sp³-hybridized carbons (Fsp3) is 0.652. The maximum atomic E-state index is 12.9. The molecular weight excluding hydrogens is 935 g/mol. The predicted octanol–water partition coefficient (Wildman–Crippen LogP) is 17.7. The van der Waals surface area contributed by atoms with Gasteiger partial charge in [-0.15, -0.1) is 0 Å². The van der Waals surface area contributed by atoms with Crippen molar-refractivity contribution in [3.05, 3.63) is 122 Å². The van der Waals surface area contributed by atoms with E-state index in [1.807, 2.05) is 21.1 Å². The molecule has 0 amide bonds. The molecule has 426 valence electrons. The average Bonchev–Trinajstić information content (AvgIpc) is 3.38. The number of ether oxygens (including phenoxy) is 4. The van der Waals surface area contributed by atoms with Gasteiger partial charge in [0.2, 0.25) is 0 Å². The zero-order chi connectivity index (χ0) is 54.8. The summed E-state index contributed by atoms with van der Waals surface area (Å²) in [5, 5.41) is 9.69. The van der Waals surface area contributed by atoms with E-state index in [-0.39, 0.29) is 38.6 Å². The van der Waals surface area contributed by atoms with Crippen LogP contribution in [-0.2, 0) is 33.3 Å². The second-order valence-electron chi connectivity index (χ2n) is 20.5. The van der Waals surface area contributed by atoms with E-state index in [0.29, 0.717) is 23.9 Å². The van der Waals surface area contributed by atoms with E-state index in [1.165, 1.54) is 83.5 Å². The van der Waals surface area contributed by atoms with Crippen molar-refractivity contribution in [1.29, 1.82) is 0 Å². The van der Waals surface area contributed by atoms with Gasteiger partial charge < -0.3 is 28.5 Å². The first-order chi connectivity index (χ1) is 36.6. The summed E-state index contributed by atoms with van der Waals surface area (Å²) in [7, 11) is 5.95. The lowest BCUT2D eigenvalue weighted by atomic mass is 10.0. The molecule has 2 atom stereocenters. The molecule has 75 heavy (non-hydrogen) atoms. The molecule has 0 radical (unpaired) electrons. The highest BCUT2D eigenvalue weighted by Gasteiger charge is 2.25. The molecule has 0 aromatic rings. The van der Waals surface area contributed by atoms with Gasteiger partial charge in [0.1, 0.15) is 13.2 Å². The fourth-order valence-electron chi connectivity index (χ4n) is 7.71. The molecule has 1 N–H and O–H groups in total. The van der Waals surface area contributed by atoms with Crippen LogP contribution in [0.15, 0.2) is 122 Å². The molecule has 0 rings (SSSR count). The first-order valence-electron chi connectivity index (χ1n) is 29.7. The molecule has 0 aromatic carbocycles. The number of hydrogen-bond donors (Lipinski definition) is 1. The van der Waals surface area contributed by atoms with Crippen molar-refractivity contribution >= 4 is 17.9 Å². The number of allylic oxidation sites excluding steroid dienone is 20. The Morgan fingerprint density at radius 3 is 1.09 bits per heavy atom. The SMILES string of the molecule is CC/C=C\C/C=C\C/C=C\C/C=C\C/C=C\C/C=C\CCCCCCCCCCCCCCCCCCC(=O)OC(COC(=O)CCCC/C=C\C/C=C\C/C=C\C/C=C\CC)COC(OCC[N+](C)(C)C)C(=O)O. The Hall–Kier alpha value is -4.31. The summed E-state index contributed by atoms with van der Waals surface area (Å²) in [6.07, 6.45) is 75.8. The van der Waals surface area contributed by atoms with Crippen LogP contribution < -0.4 is 0 Å². The van der Waals surface area contributed by atoms with Crippen LogP contribution in [0.3, 0.4) is 0 Å². The average molecular weight is 1050 g/mol. The molecule has 9 nitrogen and oxygen atoms in total. The number of carboxylic acid groups (broad SMARTS) is 1. The lowest BCUT2D eigenvalue weighted by Crippen LogP contribution is -2.40. The number of esters is 2. The van der Waals surface area contributed by atoms with Crippen molar-refractivity contribution in [2.45, 2.75) is 232 Å². The van der Waals surface area contributed by atoms with Crippen LogP contribution in [0, 0.1) is 0 Å². The number of unbranched alkanes of at least 4 members (excludes halogenated alkanes) is 18. The number of rotatable bonds is 53. The second kappa shape index (κ2) is 55.9. The number of carboxylic acids is 1. The van der Waals surface area contributed by atoms with E-state index in [4.69, 9.17) is 18.9 Å². The van der Waals surface area contributed by atoms with Crippen molar-refractivity contribution in [2.24, 2.45) is 0 Å². The molecule has 0 aliphatic rings. The largest absolute Gasteiger partial charge is 0.477 e. The van der Waals surface area contributed by atoms with Gasteiger partial charge in [-0.2, -0.15) is 0 Å². The molecule has 0 saturated heterocycles. The number of carbonyl (C=O) groups excluding carboxylic acids is 2. The summed E-state index contributed by atoms with van der Waals surface area (Å²) in [5.41, 5.74) is 0. The molecule has 9 heteroatoms. The van der Waals surface area contributed by atoms with E-state index < -0.39 is 24.3 Å². The summed E-state index contributed by atoms with van der Waals surface area (Å²) in [4.78, 5) is 37.4. The van der Waals surface area contributed by atoms with E-state index in [9.17, 15) is 19.5 Å². The monoisotopic (exact) mass is 1040 g/mol. The van der Waals surface area contributed by atoms with Gasteiger partial charge in [0.25, 0.3) is 6.29 Å². The minimum Gasteiger partial charge on any atom is -0.477 e. The van der Waals surface area contributed by atoms with Gasteiger partial charge in [-0.1, -0.05) is 225 Å². The third kappa shape index (κ3) is 57.2. The van der Waals surface area contributed by atoms with E-state index in [1.54, 1.807) is 0 Å². The van der Waals surface area contributed by atoms with Gasteiger partial charge in [0.05, 0.1) is 34.4 Å². The molecule has 0 aliphatic carbocycles. The van der Waals surface area contributed by atoms with E-state index in [2.05, 4.69) is 135 Å². The molecule has 0 fully saturated rings. The van der Waals surface area contributed by atoms with Crippen molar-refractivity contribution < 1.29 is 42.9 Å². The van der Waals surface area contributed by atoms with Crippen LogP contribution in [0.1, 0.15) is 219 Å². The number of aliphatic carboxylic acids is 1. The molecule has 0 aliphatic heterocycles. The molecule has 0 bridgehead atoms. The smallest absolute Gasteiger partial charge is 0.361 e. The van der Waals surface area contributed by atoms with Crippen LogP contribution in [0.5, 0.6) is 0 Å². The Labute approximate surface area is 459 Å². The molecule has 0 aromatic heterocycles. The van der Waals surface area contributed by atoms with Gasteiger partial charge in [-0.3, -0.25) is 9.59 Å². The number of quaternary nitrogens is 1. The van der Waals surface area contributed by atoms with Gasteiger partial charge >= 0.3 is 17.9 Å². The molecule has 2 unspecified atom stereocenters. The molecule has 0 saturated carbocycles. The van der Waals surface area contributed by atoms with Crippen molar-refractivity contribution in [1.82, 2.24) is 0 Å². The predicted molar refractivity (Wildman–Crippen MR) is 318 cm³/mol.